The molecule has 1 aromatic heterocycles. The van der Waals surface area contributed by atoms with Crippen LogP contribution in [0.2, 0.25) is 0 Å². The molecule has 3 rings (SSSR count). The number of aryl methyl sites for hydroxylation is 1. The highest BCUT2D eigenvalue weighted by Gasteiger charge is 2.26. The van der Waals surface area contributed by atoms with Gasteiger partial charge in [0.15, 0.2) is 5.96 Å². The Hall–Kier alpha value is -2.02. The fourth-order valence-corrected chi connectivity index (χ4v) is 3.92. The van der Waals surface area contributed by atoms with E-state index in [0.717, 1.165) is 42.5 Å². The van der Waals surface area contributed by atoms with Gasteiger partial charge in [0.1, 0.15) is 5.82 Å². The second-order valence-electron chi connectivity index (χ2n) is 6.51. The predicted octanol–water partition coefficient (Wildman–Crippen LogP) is 3.24. The van der Waals surface area contributed by atoms with E-state index >= 15 is 0 Å². The van der Waals surface area contributed by atoms with Crippen LogP contribution in [-0.2, 0) is 13.6 Å². The van der Waals surface area contributed by atoms with Crippen molar-refractivity contribution in [1.29, 1.82) is 0 Å². The molecule has 1 aliphatic rings. The van der Waals surface area contributed by atoms with Crippen molar-refractivity contribution in [1.82, 2.24) is 20.0 Å². The van der Waals surface area contributed by atoms with Gasteiger partial charge in [-0.05, 0) is 48.9 Å². The number of benzene rings is 1. The Morgan fingerprint density at radius 3 is 3.00 bits per heavy atom. The van der Waals surface area contributed by atoms with Gasteiger partial charge in [0, 0.05) is 43.7 Å². The van der Waals surface area contributed by atoms with Crippen molar-refractivity contribution < 1.29 is 4.39 Å². The Morgan fingerprint density at radius 1 is 1.46 bits per heavy atom. The Morgan fingerprint density at radius 2 is 2.31 bits per heavy atom. The maximum absolute atomic E-state index is 13.6. The Balaban J connectivity index is 1.73. The molecule has 1 aromatic carbocycles. The fraction of sp³-hybridized carbons (Fsp3) is 0.474. The van der Waals surface area contributed by atoms with Gasteiger partial charge in [-0.15, -0.1) is 11.8 Å². The molecule has 1 saturated heterocycles. The molecule has 2 aromatic rings. The number of hydrogen-bond donors (Lipinski definition) is 1. The number of halogens is 1. The second-order valence-corrected chi connectivity index (χ2v) is 7.35. The highest BCUT2D eigenvalue weighted by Crippen LogP contribution is 2.27. The molecule has 0 spiro atoms. The van der Waals surface area contributed by atoms with Gasteiger partial charge in [0.25, 0.3) is 0 Å². The molecule has 0 amide bonds. The highest BCUT2D eigenvalue weighted by atomic mass is 32.2. The van der Waals surface area contributed by atoms with Crippen LogP contribution in [0.15, 0.2) is 40.5 Å². The molecule has 1 unspecified atom stereocenters. The monoisotopic (exact) mass is 375 g/mol. The molecule has 140 valence electrons. The van der Waals surface area contributed by atoms with Gasteiger partial charge in [-0.25, -0.2) is 9.38 Å². The van der Waals surface area contributed by atoms with Crippen molar-refractivity contribution in [2.24, 2.45) is 12.0 Å². The molecular weight excluding hydrogens is 349 g/mol. The van der Waals surface area contributed by atoms with E-state index in [4.69, 9.17) is 4.99 Å². The molecule has 5 nitrogen and oxygen atoms in total. The van der Waals surface area contributed by atoms with Gasteiger partial charge in [0.2, 0.25) is 0 Å². The largest absolute Gasteiger partial charge is 0.357 e. The van der Waals surface area contributed by atoms with Gasteiger partial charge in [-0.3, -0.25) is 4.68 Å². The lowest BCUT2D eigenvalue weighted by Crippen LogP contribution is -2.40. The second kappa shape index (κ2) is 8.58. The molecule has 0 saturated carbocycles. The van der Waals surface area contributed by atoms with Crippen molar-refractivity contribution in [2.45, 2.75) is 30.7 Å². The predicted molar refractivity (Wildman–Crippen MR) is 105 cm³/mol. The summed E-state index contributed by atoms with van der Waals surface area (Å²) in [5.41, 5.74) is 2.21. The van der Waals surface area contributed by atoms with E-state index in [-0.39, 0.29) is 5.82 Å². The van der Waals surface area contributed by atoms with Crippen molar-refractivity contribution >= 4 is 17.7 Å². The Kier molecular flexibility index (Phi) is 6.19. The van der Waals surface area contributed by atoms with Crippen molar-refractivity contribution in [3.8, 4) is 0 Å². The SMILES string of the molecule is CCNC(=NCc1cc(F)ccc1SC)N1CCC(c2cnn(C)c2)C1. The maximum atomic E-state index is 13.6. The molecule has 1 aliphatic heterocycles. The van der Waals surface area contributed by atoms with Crippen LogP contribution in [0.3, 0.4) is 0 Å². The highest BCUT2D eigenvalue weighted by molar-refractivity contribution is 7.98. The average Bonchev–Trinajstić information content (AvgIpc) is 3.27. The molecule has 7 heteroatoms. The first-order valence-corrected chi connectivity index (χ1v) is 10.2. The summed E-state index contributed by atoms with van der Waals surface area (Å²) in [7, 11) is 1.95. The molecule has 0 bridgehead atoms. The van der Waals surface area contributed by atoms with Gasteiger partial charge < -0.3 is 10.2 Å². The zero-order valence-electron chi connectivity index (χ0n) is 15.6. The lowest BCUT2D eigenvalue weighted by atomic mass is 10.0. The number of aromatic nitrogens is 2. The quantitative estimate of drug-likeness (QED) is 0.495. The van der Waals surface area contributed by atoms with E-state index in [9.17, 15) is 4.39 Å². The first-order chi connectivity index (χ1) is 12.6. The summed E-state index contributed by atoms with van der Waals surface area (Å²) in [6, 6.07) is 4.91. The lowest BCUT2D eigenvalue weighted by molar-refractivity contribution is 0.486. The zero-order chi connectivity index (χ0) is 18.5. The molecule has 0 radical (unpaired) electrons. The van der Waals surface area contributed by atoms with Crippen LogP contribution in [-0.4, -0.2) is 46.5 Å². The van der Waals surface area contributed by atoms with Crippen LogP contribution in [0, 0.1) is 5.82 Å². The standard InChI is InChI=1S/C19H26FN5S/c1-4-21-19(22-10-15-9-17(20)5-6-18(15)26-3)25-8-7-14(13-25)16-11-23-24(2)12-16/h5-6,9,11-12,14H,4,7-8,10,13H2,1-3H3,(H,21,22). The third-order valence-electron chi connectivity index (χ3n) is 4.66. The zero-order valence-corrected chi connectivity index (χ0v) is 16.4. The van der Waals surface area contributed by atoms with Gasteiger partial charge in [0.05, 0.1) is 12.7 Å². The lowest BCUT2D eigenvalue weighted by Gasteiger charge is -2.21. The molecule has 1 fully saturated rings. The summed E-state index contributed by atoms with van der Waals surface area (Å²) in [4.78, 5) is 8.14. The number of nitrogens with zero attached hydrogens (tertiary/aromatic N) is 4. The topological polar surface area (TPSA) is 45.5 Å². The minimum atomic E-state index is -0.212. The molecule has 26 heavy (non-hydrogen) atoms. The summed E-state index contributed by atoms with van der Waals surface area (Å²) in [5, 5.41) is 7.66. The number of rotatable bonds is 5. The van der Waals surface area contributed by atoms with Crippen molar-refractivity contribution in [3.05, 3.63) is 47.5 Å². The van der Waals surface area contributed by atoms with E-state index in [1.165, 1.54) is 11.6 Å². The third kappa shape index (κ3) is 4.38. The molecule has 2 heterocycles. The summed E-state index contributed by atoms with van der Waals surface area (Å²) in [6.45, 7) is 5.25. The number of guanidine groups is 1. The number of nitrogens with one attached hydrogen (secondary N) is 1. The summed E-state index contributed by atoms with van der Waals surface area (Å²) in [5.74, 6) is 1.16. The van der Waals surface area contributed by atoms with Crippen LogP contribution >= 0.6 is 11.8 Å². The van der Waals surface area contributed by atoms with E-state index in [0.29, 0.717) is 12.5 Å². The van der Waals surface area contributed by atoms with Crippen molar-refractivity contribution in [2.75, 3.05) is 25.9 Å². The van der Waals surface area contributed by atoms with Crippen LogP contribution in [0.25, 0.3) is 0 Å². The molecule has 0 aliphatic carbocycles. The Bertz CT molecular complexity index is 773. The Labute approximate surface area is 158 Å². The minimum absolute atomic E-state index is 0.212. The molecule has 1 N–H and O–H groups in total. The van der Waals surface area contributed by atoms with E-state index in [1.807, 2.05) is 30.2 Å². The molecule has 1 atom stereocenters. The van der Waals surface area contributed by atoms with Gasteiger partial charge >= 0.3 is 0 Å². The first-order valence-electron chi connectivity index (χ1n) is 8.95. The smallest absolute Gasteiger partial charge is 0.194 e. The van der Waals surface area contributed by atoms with Crippen LogP contribution in [0.5, 0.6) is 0 Å². The van der Waals surface area contributed by atoms with E-state index in [1.54, 1.807) is 17.8 Å². The van der Waals surface area contributed by atoms with Gasteiger partial charge in [-0.1, -0.05) is 0 Å². The average molecular weight is 376 g/mol. The summed E-state index contributed by atoms with van der Waals surface area (Å²) in [6.07, 6.45) is 7.14. The number of aliphatic imine (C=N–C) groups is 1. The number of likely N-dealkylation sites (tertiary alicyclic amines) is 1. The summed E-state index contributed by atoms with van der Waals surface area (Å²) < 4.78 is 15.5. The van der Waals surface area contributed by atoms with E-state index < -0.39 is 0 Å². The first kappa shape index (κ1) is 18.8. The van der Waals surface area contributed by atoms with Crippen molar-refractivity contribution in [3.63, 3.8) is 0 Å². The molecular formula is C19H26FN5S. The van der Waals surface area contributed by atoms with Crippen LogP contribution < -0.4 is 5.32 Å². The number of hydrogen-bond acceptors (Lipinski definition) is 3. The number of thioether (sulfide) groups is 1. The minimum Gasteiger partial charge on any atom is -0.357 e. The maximum Gasteiger partial charge on any atom is 0.194 e. The van der Waals surface area contributed by atoms with Gasteiger partial charge in [-0.2, -0.15) is 5.10 Å². The normalized spacial score (nSPS) is 17.8. The summed E-state index contributed by atoms with van der Waals surface area (Å²) >= 11 is 1.62. The van der Waals surface area contributed by atoms with E-state index in [2.05, 4.69) is 28.4 Å². The van der Waals surface area contributed by atoms with Crippen LogP contribution in [0.4, 0.5) is 4.39 Å². The van der Waals surface area contributed by atoms with Crippen LogP contribution in [0.1, 0.15) is 30.4 Å². The third-order valence-corrected chi connectivity index (χ3v) is 5.50. The fourth-order valence-electron chi connectivity index (χ4n) is 3.33.